The van der Waals surface area contributed by atoms with Crippen LogP contribution in [0.1, 0.15) is 24.1 Å². The van der Waals surface area contributed by atoms with Crippen molar-refractivity contribution >= 4 is 5.91 Å². The normalized spacial score (nSPS) is 17.4. The summed E-state index contributed by atoms with van der Waals surface area (Å²) in [7, 11) is 0. The maximum Gasteiger partial charge on any atom is 0.387 e. The second-order valence-electron chi connectivity index (χ2n) is 6.00. The minimum atomic E-state index is -2.85. The zero-order chi connectivity index (χ0) is 17.8. The van der Waals surface area contributed by atoms with E-state index in [-0.39, 0.29) is 23.6 Å². The highest BCUT2D eigenvalue weighted by Crippen LogP contribution is 2.27. The van der Waals surface area contributed by atoms with Crippen LogP contribution < -0.4 is 14.8 Å². The van der Waals surface area contributed by atoms with Gasteiger partial charge in [0.15, 0.2) is 0 Å². The van der Waals surface area contributed by atoms with Crippen LogP contribution in [0.5, 0.6) is 11.5 Å². The molecule has 6 heteroatoms. The fourth-order valence-corrected chi connectivity index (χ4v) is 2.85. The van der Waals surface area contributed by atoms with Crippen molar-refractivity contribution in [1.29, 1.82) is 0 Å². The number of halogens is 2. The maximum atomic E-state index is 12.5. The Bertz CT molecular complexity index is 734. The van der Waals surface area contributed by atoms with Gasteiger partial charge in [0.25, 0.3) is 0 Å². The molecule has 0 fully saturated rings. The van der Waals surface area contributed by atoms with Crippen LogP contribution in [-0.2, 0) is 11.2 Å². The van der Waals surface area contributed by atoms with Gasteiger partial charge < -0.3 is 14.8 Å². The molecular formula is C19H19F2NO3. The lowest BCUT2D eigenvalue weighted by atomic mass is 9.95. The first-order valence-corrected chi connectivity index (χ1v) is 8.09. The summed E-state index contributed by atoms with van der Waals surface area (Å²) in [5.74, 6) is 0.581. The van der Waals surface area contributed by atoms with E-state index in [0.29, 0.717) is 13.0 Å². The molecule has 1 N–H and O–H groups in total. The third kappa shape index (κ3) is 4.26. The lowest BCUT2D eigenvalue weighted by Crippen LogP contribution is -2.38. The van der Waals surface area contributed by atoms with E-state index >= 15 is 0 Å². The molecule has 0 aromatic heterocycles. The van der Waals surface area contributed by atoms with Gasteiger partial charge >= 0.3 is 6.61 Å². The minimum absolute atomic E-state index is 0.0880. The van der Waals surface area contributed by atoms with Crippen molar-refractivity contribution in [2.24, 2.45) is 5.92 Å². The molecular weight excluding hydrogens is 328 g/mol. The van der Waals surface area contributed by atoms with Crippen molar-refractivity contribution in [3.63, 3.8) is 0 Å². The SMILES string of the molecule is CC(NC(=O)C1COc2ccccc2C1)c1ccc(OC(F)F)cc1. The van der Waals surface area contributed by atoms with Crippen LogP contribution in [0.15, 0.2) is 48.5 Å². The van der Waals surface area contributed by atoms with Crippen molar-refractivity contribution in [3.05, 3.63) is 59.7 Å². The van der Waals surface area contributed by atoms with Crippen molar-refractivity contribution in [2.75, 3.05) is 6.61 Å². The molecule has 2 aromatic rings. The number of carbonyl (C=O) groups excluding carboxylic acids is 1. The van der Waals surface area contributed by atoms with E-state index in [0.717, 1.165) is 16.9 Å². The number of alkyl halides is 2. The molecule has 0 saturated carbocycles. The third-order valence-electron chi connectivity index (χ3n) is 4.21. The quantitative estimate of drug-likeness (QED) is 0.897. The van der Waals surface area contributed by atoms with Crippen LogP contribution >= 0.6 is 0 Å². The largest absolute Gasteiger partial charge is 0.492 e. The molecule has 3 rings (SSSR count). The van der Waals surface area contributed by atoms with Gasteiger partial charge in [0.2, 0.25) is 5.91 Å². The summed E-state index contributed by atoms with van der Waals surface area (Å²) >= 11 is 0. The first kappa shape index (κ1) is 17.2. The Balaban J connectivity index is 1.59. The second kappa shape index (κ2) is 7.51. The molecule has 0 saturated heterocycles. The summed E-state index contributed by atoms with van der Waals surface area (Å²) in [6.07, 6.45) is 0.635. The van der Waals surface area contributed by atoms with Gasteiger partial charge in [0.1, 0.15) is 18.1 Å². The summed E-state index contributed by atoms with van der Waals surface area (Å²) in [5, 5.41) is 2.95. The summed E-state index contributed by atoms with van der Waals surface area (Å²) in [5.41, 5.74) is 1.84. The highest BCUT2D eigenvalue weighted by molar-refractivity contribution is 5.80. The van der Waals surface area contributed by atoms with E-state index in [2.05, 4.69) is 10.1 Å². The fraction of sp³-hybridized carbons (Fsp3) is 0.316. The molecule has 132 valence electrons. The topological polar surface area (TPSA) is 47.6 Å². The zero-order valence-electron chi connectivity index (χ0n) is 13.7. The van der Waals surface area contributed by atoms with Crippen LogP contribution in [0.3, 0.4) is 0 Å². The van der Waals surface area contributed by atoms with Crippen molar-refractivity contribution in [2.45, 2.75) is 26.0 Å². The van der Waals surface area contributed by atoms with Crippen LogP contribution in [0.2, 0.25) is 0 Å². The van der Waals surface area contributed by atoms with Crippen LogP contribution in [0.4, 0.5) is 8.78 Å². The predicted octanol–water partition coefficient (Wildman–Crippen LogP) is 3.72. The monoisotopic (exact) mass is 347 g/mol. The Morgan fingerprint density at radius 3 is 2.64 bits per heavy atom. The summed E-state index contributed by atoms with van der Waals surface area (Å²) in [4.78, 5) is 12.5. The number of nitrogens with one attached hydrogen (secondary N) is 1. The highest BCUT2D eigenvalue weighted by Gasteiger charge is 2.26. The number of ether oxygens (including phenoxy) is 2. The molecule has 2 aromatic carbocycles. The lowest BCUT2D eigenvalue weighted by molar-refractivity contribution is -0.126. The highest BCUT2D eigenvalue weighted by atomic mass is 19.3. The van der Waals surface area contributed by atoms with E-state index in [4.69, 9.17) is 4.74 Å². The van der Waals surface area contributed by atoms with Gasteiger partial charge in [0, 0.05) is 0 Å². The summed E-state index contributed by atoms with van der Waals surface area (Å²) in [6, 6.07) is 13.7. The Morgan fingerprint density at radius 2 is 1.92 bits per heavy atom. The summed E-state index contributed by atoms with van der Waals surface area (Å²) in [6.45, 7) is -0.660. The zero-order valence-corrected chi connectivity index (χ0v) is 13.7. The maximum absolute atomic E-state index is 12.5. The summed E-state index contributed by atoms with van der Waals surface area (Å²) < 4.78 is 34.3. The Kier molecular flexibility index (Phi) is 5.16. The number of para-hydroxylation sites is 1. The van der Waals surface area contributed by atoms with E-state index < -0.39 is 6.61 Å². The number of rotatable bonds is 5. The number of hydrogen-bond acceptors (Lipinski definition) is 3. The smallest absolute Gasteiger partial charge is 0.387 e. The minimum Gasteiger partial charge on any atom is -0.492 e. The molecule has 2 unspecified atom stereocenters. The van der Waals surface area contributed by atoms with Gasteiger partial charge in [-0.05, 0) is 42.7 Å². The van der Waals surface area contributed by atoms with Crippen molar-refractivity contribution in [1.82, 2.24) is 5.32 Å². The van der Waals surface area contributed by atoms with Crippen LogP contribution in [-0.4, -0.2) is 19.1 Å². The van der Waals surface area contributed by atoms with Gasteiger partial charge in [-0.1, -0.05) is 30.3 Å². The van der Waals surface area contributed by atoms with Crippen LogP contribution in [0, 0.1) is 5.92 Å². The molecule has 0 bridgehead atoms. The molecule has 25 heavy (non-hydrogen) atoms. The first-order valence-electron chi connectivity index (χ1n) is 8.09. The third-order valence-corrected chi connectivity index (χ3v) is 4.21. The Labute approximate surface area is 144 Å². The molecule has 0 spiro atoms. The van der Waals surface area contributed by atoms with E-state index in [9.17, 15) is 13.6 Å². The lowest BCUT2D eigenvalue weighted by Gasteiger charge is -2.26. The average molecular weight is 347 g/mol. The van der Waals surface area contributed by atoms with Crippen molar-refractivity contribution in [3.8, 4) is 11.5 Å². The molecule has 0 radical (unpaired) electrons. The van der Waals surface area contributed by atoms with Gasteiger partial charge in [-0.15, -0.1) is 0 Å². The number of fused-ring (bicyclic) bond motifs is 1. The van der Waals surface area contributed by atoms with E-state index in [1.165, 1.54) is 12.1 Å². The number of carbonyl (C=O) groups is 1. The molecule has 4 nitrogen and oxygen atoms in total. The van der Waals surface area contributed by atoms with Gasteiger partial charge in [-0.25, -0.2) is 0 Å². The first-order chi connectivity index (χ1) is 12.0. The number of benzene rings is 2. The van der Waals surface area contributed by atoms with Crippen LogP contribution in [0.25, 0.3) is 0 Å². The second-order valence-corrected chi connectivity index (χ2v) is 6.00. The van der Waals surface area contributed by atoms with Gasteiger partial charge in [-0.3, -0.25) is 4.79 Å². The molecule has 1 heterocycles. The number of amides is 1. The van der Waals surface area contributed by atoms with Gasteiger partial charge in [0.05, 0.1) is 12.0 Å². The molecule has 1 aliphatic rings. The molecule has 0 aliphatic carbocycles. The Morgan fingerprint density at radius 1 is 1.20 bits per heavy atom. The molecule has 1 aliphatic heterocycles. The standard InChI is InChI=1S/C19H19F2NO3/c1-12(13-6-8-16(9-7-13)25-19(20)21)22-18(23)15-10-14-4-2-3-5-17(14)24-11-15/h2-9,12,15,19H,10-11H2,1H3,(H,22,23). The number of hydrogen-bond donors (Lipinski definition) is 1. The predicted molar refractivity (Wildman–Crippen MR) is 88.8 cm³/mol. The fourth-order valence-electron chi connectivity index (χ4n) is 2.85. The van der Waals surface area contributed by atoms with Gasteiger partial charge in [-0.2, -0.15) is 8.78 Å². The van der Waals surface area contributed by atoms with E-state index in [1.807, 2.05) is 31.2 Å². The Hall–Kier alpha value is -2.63. The average Bonchev–Trinajstić information content (AvgIpc) is 2.61. The molecule has 2 atom stereocenters. The molecule has 1 amide bonds. The van der Waals surface area contributed by atoms with Crippen molar-refractivity contribution < 1.29 is 23.0 Å². The van der Waals surface area contributed by atoms with E-state index in [1.54, 1.807) is 12.1 Å².